The quantitative estimate of drug-likeness (QED) is 0.722. The highest BCUT2D eigenvalue weighted by molar-refractivity contribution is 6.07. The van der Waals surface area contributed by atoms with Crippen molar-refractivity contribution in [3.05, 3.63) is 30.1 Å². The fourth-order valence-electron chi connectivity index (χ4n) is 1.95. The number of amides is 3. The molecule has 3 amide bonds. The van der Waals surface area contributed by atoms with Gasteiger partial charge in [0.15, 0.2) is 5.54 Å². The van der Waals surface area contributed by atoms with Crippen LogP contribution in [0.5, 0.6) is 0 Å². The lowest BCUT2D eigenvalue weighted by Crippen LogP contribution is -2.48. The number of hydrogen-bond donors (Lipinski definition) is 2. The second kappa shape index (κ2) is 3.59. The van der Waals surface area contributed by atoms with Crippen molar-refractivity contribution in [2.75, 3.05) is 0 Å². The number of rotatable bonds is 2. The Balaban J connectivity index is 2.53. The van der Waals surface area contributed by atoms with Gasteiger partial charge in [0.2, 0.25) is 0 Å². The summed E-state index contributed by atoms with van der Waals surface area (Å²) in [7, 11) is 0. The Hall–Kier alpha value is -1.91. The topological polar surface area (TPSA) is 71.1 Å². The van der Waals surface area contributed by atoms with Crippen molar-refractivity contribution in [1.82, 2.24) is 15.6 Å². The van der Waals surface area contributed by atoms with Crippen molar-refractivity contribution in [1.29, 1.82) is 0 Å². The smallest absolute Gasteiger partial charge is 0.318 e. The summed E-state index contributed by atoms with van der Waals surface area (Å²) in [6.45, 7) is 3.75. The summed E-state index contributed by atoms with van der Waals surface area (Å²) < 4.78 is 0. The molecule has 1 aliphatic rings. The molecule has 0 bridgehead atoms. The number of aromatic nitrogens is 1. The maximum Gasteiger partial charge on any atom is 0.322 e. The van der Waals surface area contributed by atoms with Gasteiger partial charge in [-0.1, -0.05) is 19.9 Å². The van der Waals surface area contributed by atoms with E-state index >= 15 is 0 Å². The molecule has 0 saturated carbocycles. The van der Waals surface area contributed by atoms with E-state index in [0.717, 1.165) is 0 Å². The number of pyridine rings is 1. The lowest BCUT2D eigenvalue weighted by molar-refractivity contribution is -0.126. The van der Waals surface area contributed by atoms with Gasteiger partial charge in [-0.15, -0.1) is 0 Å². The highest BCUT2D eigenvalue weighted by atomic mass is 16.2. The summed E-state index contributed by atoms with van der Waals surface area (Å²) in [5.74, 6) is -0.417. The lowest BCUT2D eigenvalue weighted by atomic mass is 9.83. The maximum absolute atomic E-state index is 11.9. The summed E-state index contributed by atoms with van der Waals surface area (Å²) in [5.41, 5.74) is -0.480. The third-order valence-electron chi connectivity index (χ3n) is 2.83. The van der Waals surface area contributed by atoms with E-state index in [1.54, 1.807) is 24.4 Å². The zero-order valence-electron chi connectivity index (χ0n) is 9.15. The molecule has 1 atom stereocenters. The third-order valence-corrected chi connectivity index (χ3v) is 2.83. The zero-order chi connectivity index (χ0) is 11.8. The molecule has 1 saturated heterocycles. The molecule has 0 unspecified atom stereocenters. The van der Waals surface area contributed by atoms with Gasteiger partial charge in [-0.3, -0.25) is 15.1 Å². The highest BCUT2D eigenvalue weighted by Crippen LogP contribution is 2.30. The predicted molar refractivity (Wildman–Crippen MR) is 57.4 cm³/mol. The van der Waals surface area contributed by atoms with Gasteiger partial charge in [-0.25, -0.2) is 4.79 Å². The van der Waals surface area contributed by atoms with E-state index in [2.05, 4.69) is 15.6 Å². The van der Waals surface area contributed by atoms with Crippen molar-refractivity contribution < 1.29 is 9.59 Å². The molecule has 16 heavy (non-hydrogen) atoms. The molecule has 1 aromatic rings. The number of urea groups is 1. The van der Waals surface area contributed by atoms with Gasteiger partial charge < -0.3 is 5.32 Å². The van der Waals surface area contributed by atoms with Crippen LogP contribution in [-0.4, -0.2) is 16.9 Å². The average Bonchev–Trinajstić information content (AvgIpc) is 2.56. The van der Waals surface area contributed by atoms with Crippen LogP contribution in [-0.2, 0) is 10.3 Å². The van der Waals surface area contributed by atoms with Gasteiger partial charge in [0.25, 0.3) is 5.91 Å². The number of carbonyl (C=O) groups excluding carboxylic acids is 2. The van der Waals surface area contributed by atoms with Crippen LogP contribution in [0.1, 0.15) is 19.5 Å². The molecule has 1 fully saturated rings. The van der Waals surface area contributed by atoms with Crippen LogP contribution in [0.3, 0.4) is 0 Å². The van der Waals surface area contributed by atoms with Crippen LogP contribution in [0.2, 0.25) is 0 Å². The summed E-state index contributed by atoms with van der Waals surface area (Å²) >= 11 is 0. The Bertz CT molecular complexity index is 430. The molecule has 2 heterocycles. The van der Waals surface area contributed by atoms with Crippen molar-refractivity contribution in [3.63, 3.8) is 0 Å². The monoisotopic (exact) mass is 219 g/mol. The van der Waals surface area contributed by atoms with Gasteiger partial charge in [0, 0.05) is 6.20 Å². The van der Waals surface area contributed by atoms with Crippen LogP contribution in [0, 0.1) is 5.92 Å². The summed E-state index contributed by atoms with van der Waals surface area (Å²) in [6, 6.07) is 4.84. The van der Waals surface area contributed by atoms with Gasteiger partial charge in [0.1, 0.15) is 0 Å². The maximum atomic E-state index is 11.9. The van der Waals surface area contributed by atoms with Crippen LogP contribution in [0.25, 0.3) is 0 Å². The first kappa shape index (κ1) is 10.6. The third kappa shape index (κ3) is 1.36. The Morgan fingerprint density at radius 3 is 2.50 bits per heavy atom. The van der Waals surface area contributed by atoms with Gasteiger partial charge in [0.05, 0.1) is 5.69 Å². The molecule has 0 radical (unpaired) electrons. The molecule has 1 aliphatic heterocycles. The van der Waals surface area contributed by atoms with E-state index in [0.29, 0.717) is 5.69 Å². The fourth-order valence-corrected chi connectivity index (χ4v) is 1.95. The molecule has 84 valence electrons. The van der Waals surface area contributed by atoms with Crippen molar-refractivity contribution in [2.45, 2.75) is 19.4 Å². The van der Waals surface area contributed by atoms with Gasteiger partial charge >= 0.3 is 6.03 Å². The first-order valence-electron chi connectivity index (χ1n) is 5.12. The molecule has 0 aromatic carbocycles. The van der Waals surface area contributed by atoms with Crippen molar-refractivity contribution in [2.24, 2.45) is 5.92 Å². The van der Waals surface area contributed by atoms with Crippen LogP contribution >= 0.6 is 0 Å². The largest absolute Gasteiger partial charge is 0.322 e. The number of nitrogens with zero attached hydrogens (tertiary/aromatic N) is 1. The first-order chi connectivity index (χ1) is 7.57. The van der Waals surface area contributed by atoms with Gasteiger partial charge in [-0.05, 0) is 18.1 Å². The van der Waals surface area contributed by atoms with Crippen LogP contribution in [0.15, 0.2) is 24.4 Å². The molecular weight excluding hydrogens is 206 g/mol. The predicted octanol–water partition coefficient (Wildman–Crippen LogP) is 0.772. The van der Waals surface area contributed by atoms with Crippen molar-refractivity contribution >= 4 is 11.9 Å². The Morgan fingerprint density at radius 1 is 1.31 bits per heavy atom. The van der Waals surface area contributed by atoms with E-state index in [-0.39, 0.29) is 11.8 Å². The normalized spacial score (nSPS) is 24.4. The Labute approximate surface area is 93.3 Å². The van der Waals surface area contributed by atoms with E-state index in [9.17, 15) is 9.59 Å². The summed E-state index contributed by atoms with van der Waals surface area (Å²) in [5, 5.41) is 4.93. The molecule has 5 nitrogen and oxygen atoms in total. The van der Waals surface area contributed by atoms with E-state index in [1.807, 2.05) is 13.8 Å². The Morgan fingerprint density at radius 2 is 2.06 bits per heavy atom. The van der Waals surface area contributed by atoms with Crippen molar-refractivity contribution in [3.8, 4) is 0 Å². The number of imide groups is 1. The minimum atomic E-state index is -1.04. The molecule has 2 rings (SSSR count). The minimum absolute atomic E-state index is 0.0751. The minimum Gasteiger partial charge on any atom is -0.318 e. The SMILES string of the molecule is CC(C)[C@@]1(c2ccccn2)NC(=O)NC1=O. The molecule has 5 heteroatoms. The zero-order valence-corrected chi connectivity index (χ0v) is 9.15. The van der Waals surface area contributed by atoms with E-state index in [1.165, 1.54) is 0 Å². The summed E-state index contributed by atoms with van der Waals surface area (Å²) in [6.07, 6.45) is 1.61. The Kier molecular flexibility index (Phi) is 2.38. The standard InChI is InChI=1S/C11H13N3O2/c1-7(2)11(8-5-3-4-6-12-8)9(15)13-10(16)14-11/h3-7H,1-2H3,(H2,13,14,15,16)/t11-/m0/s1. The van der Waals surface area contributed by atoms with Gasteiger partial charge in [-0.2, -0.15) is 0 Å². The van der Waals surface area contributed by atoms with E-state index < -0.39 is 11.6 Å². The van der Waals surface area contributed by atoms with E-state index in [4.69, 9.17) is 0 Å². The fraction of sp³-hybridized carbons (Fsp3) is 0.364. The second-order valence-corrected chi connectivity index (χ2v) is 4.09. The molecule has 0 spiro atoms. The average molecular weight is 219 g/mol. The number of carbonyl (C=O) groups is 2. The molecule has 0 aliphatic carbocycles. The molecular formula is C11H13N3O2. The first-order valence-corrected chi connectivity index (χ1v) is 5.12. The summed E-state index contributed by atoms with van der Waals surface area (Å²) in [4.78, 5) is 27.4. The van der Waals surface area contributed by atoms with Crippen LogP contribution < -0.4 is 10.6 Å². The second-order valence-electron chi connectivity index (χ2n) is 4.09. The number of hydrogen-bond acceptors (Lipinski definition) is 3. The molecule has 2 N–H and O–H groups in total. The van der Waals surface area contributed by atoms with Crippen LogP contribution in [0.4, 0.5) is 4.79 Å². The lowest BCUT2D eigenvalue weighted by Gasteiger charge is -2.29. The number of nitrogens with one attached hydrogen (secondary N) is 2. The highest BCUT2D eigenvalue weighted by Gasteiger charge is 2.51. The molecule has 1 aromatic heterocycles.